The van der Waals surface area contributed by atoms with Crippen molar-refractivity contribution >= 4 is 36.6 Å². The fraction of sp³-hybridized carbons (Fsp3) is 0.588. The Morgan fingerprint density at radius 1 is 1.31 bits per heavy atom. The van der Waals surface area contributed by atoms with Crippen LogP contribution in [0.3, 0.4) is 0 Å². The molecule has 3 rings (SSSR count). The zero-order valence-electron chi connectivity index (χ0n) is 15.3. The van der Waals surface area contributed by atoms with Crippen molar-refractivity contribution in [2.75, 3.05) is 13.1 Å². The lowest BCUT2D eigenvalue weighted by Gasteiger charge is -2.22. The number of rotatable bonds is 7. The van der Waals surface area contributed by atoms with Crippen molar-refractivity contribution in [2.24, 2.45) is 0 Å². The van der Waals surface area contributed by atoms with Crippen LogP contribution in [0.4, 0.5) is 0 Å². The van der Waals surface area contributed by atoms with Crippen LogP contribution in [0.1, 0.15) is 50.2 Å². The van der Waals surface area contributed by atoms with Crippen LogP contribution in [0.25, 0.3) is 0 Å². The Balaban J connectivity index is 0.00000169. The second-order valence-electron chi connectivity index (χ2n) is 6.44. The number of nitrogens with zero attached hydrogens (tertiary/aromatic N) is 5. The highest BCUT2D eigenvalue weighted by Crippen LogP contribution is 2.29. The van der Waals surface area contributed by atoms with Crippen molar-refractivity contribution in [3.8, 4) is 0 Å². The molecule has 0 aliphatic carbocycles. The molecule has 1 aliphatic rings. The molecule has 2 aromatic heterocycles. The van der Waals surface area contributed by atoms with Gasteiger partial charge in [-0.25, -0.2) is 4.98 Å². The van der Waals surface area contributed by atoms with Gasteiger partial charge in [0.15, 0.2) is 5.16 Å². The number of thioether (sulfide) groups is 1. The normalized spacial score (nSPS) is 14.7. The predicted octanol–water partition coefficient (Wildman–Crippen LogP) is 3.84. The number of hydrogen-bond acceptors (Lipinski definition) is 5. The Hall–Kier alpha value is -1.02. The van der Waals surface area contributed by atoms with Gasteiger partial charge in [-0.3, -0.25) is 0 Å². The summed E-state index contributed by atoms with van der Waals surface area (Å²) in [7, 11) is 0. The lowest BCUT2D eigenvalue weighted by atomic mass is 9.97. The van der Waals surface area contributed by atoms with Gasteiger partial charge in [0.05, 0.1) is 6.33 Å². The summed E-state index contributed by atoms with van der Waals surface area (Å²) >= 11 is 1.73. The van der Waals surface area contributed by atoms with Gasteiger partial charge in [0.25, 0.3) is 0 Å². The number of aromatic nitrogens is 5. The summed E-state index contributed by atoms with van der Waals surface area (Å²) in [6, 6.07) is 0.416. The van der Waals surface area contributed by atoms with E-state index in [1.54, 1.807) is 11.8 Å². The van der Waals surface area contributed by atoms with Crippen LogP contribution in [0.15, 0.2) is 30.3 Å². The van der Waals surface area contributed by atoms with Crippen molar-refractivity contribution in [1.82, 2.24) is 29.6 Å². The first kappa shape index (κ1) is 23.0. The standard InChI is InChI=1S/C17H26N6S.2ClH/c1-4-9-22-16(14-5-7-18-8-6-14)20-21-17(22)24-11-15-10-19-12-23(15)13(2)3;;/h4,10,12-14,18H,1,5-9,11H2,2-3H3;2*1H. The molecule has 6 nitrogen and oxygen atoms in total. The first-order valence-electron chi connectivity index (χ1n) is 8.59. The van der Waals surface area contributed by atoms with E-state index < -0.39 is 0 Å². The molecule has 1 aliphatic heterocycles. The number of allylic oxidation sites excluding steroid dienone is 1. The molecule has 1 fully saturated rings. The molecule has 0 saturated carbocycles. The largest absolute Gasteiger partial charge is 0.331 e. The molecule has 0 spiro atoms. The van der Waals surface area contributed by atoms with Crippen molar-refractivity contribution in [3.63, 3.8) is 0 Å². The number of halogens is 2. The molecule has 0 unspecified atom stereocenters. The highest BCUT2D eigenvalue weighted by molar-refractivity contribution is 7.98. The van der Waals surface area contributed by atoms with Gasteiger partial charge in [0.1, 0.15) is 5.82 Å². The van der Waals surface area contributed by atoms with Gasteiger partial charge >= 0.3 is 0 Å². The molecule has 0 atom stereocenters. The van der Waals surface area contributed by atoms with E-state index in [4.69, 9.17) is 0 Å². The highest BCUT2D eigenvalue weighted by atomic mass is 35.5. The Morgan fingerprint density at radius 2 is 2.04 bits per heavy atom. The summed E-state index contributed by atoms with van der Waals surface area (Å²) in [6.07, 6.45) is 8.01. The zero-order chi connectivity index (χ0) is 16.9. The van der Waals surface area contributed by atoms with Gasteiger partial charge in [-0.05, 0) is 39.8 Å². The quantitative estimate of drug-likeness (QED) is 0.546. The molecule has 0 bridgehead atoms. The molecule has 0 amide bonds. The van der Waals surface area contributed by atoms with Gasteiger partial charge in [0, 0.05) is 36.1 Å². The monoisotopic (exact) mass is 418 g/mol. The molecule has 146 valence electrons. The first-order valence-corrected chi connectivity index (χ1v) is 9.57. The van der Waals surface area contributed by atoms with Crippen LogP contribution in [0, 0.1) is 0 Å². The van der Waals surface area contributed by atoms with Crippen LogP contribution < -0.4 is 5.32 Å². The maximum Gasteiger partial charge on any atom is 0.191 e. The second-order valence-corrected chi connectivity index (χ2v) is 7.38. The molecule has 0 aromatic carbocycles. The molecule has 3 heterocycles. The third-order valence-corrected chi connectivity index (χ3v) is 5.41. The third kappa shape index (κ3) is 5.25. The molecule has 1 saturated heterocycles. The summed E-state index contributed by atoms with van der Waals surface area (Å²) < 4.78 is 4.43. The van der Waals surface area contributed by atoms with Gasteiger partial charge in [-0.2, -0.15) is 0 Å². The molecule has 1 N–H and O–H groups in total. The molecular formula is C17H28Cl2N6S. The van der Waals surface area contributed by atoms with Crippen molar-refractivity contribution < 1.29 is 0 Å². The topological polar surface area (TPSA) is 60.6 Å². The average Bonchev–Trinajstić information content (AvgIpc) is 3.21. The Kier molecular flexibility index (Phi) is 9.71. The number of hydrogen-bond donors (Lipinski definition) is 1. The Bertz CT molecular complexity index is 679. The van der Waals surface area contributed by atoms with E-state index in [2.05, 4.69) is 50.1 Å². The molecule has 0 radical (unpaired) electrons. The van der Waals surface area contributed by atoms with E-state index in [-0.39, 0.29) is 24.8 Å². The molecule has 2 aromatic rings. The van der Waals surface area contributed by atoms with E-state index in [0.717, 1.165) is 49.2 Å². The van der Waals surface area contributed by atoms with Crippen LogP contribution in [-0.4, -0.2) is 37.4 Å². The smallest absolute Gasteiger partial charge is 0.191 e. The lowest BCUT2D eigenvalue weighted by molar-refractivity contribution is 0.431. The van der Waals surface area contributed by atoms with Gasteiger partial charge < -0.3 is 14.5 Å². The maximum atomic E-state index is 4.51. The van der Waals surface area contributed by atoms with E-state index in [1.807, 2.05) is 18.6 Å². The Labute approximate surface area is 172 Å². The summed E-state index contributed by atoms with van der Waals surface area (Å²) in [6.45, 7) is 11.1. The van der Waals surface area contributed by atoms with E-state index in [9.17, 15) is 0 Å². The van der Waals surface area contributed by atoms with Gasteiger partial charge in [-0.1, -0.05) is 17.8 Å². The van der Waals surface area contributed by atoms with Crippen LogP contribution in [-0.2, 0) is 12.3 Å². The molecule has 26 heavy (non-hydrogen) atoms. The van der Waals surface area contributed by atoms with Gasteiger partial charge in [-0.15, -0.1) is 41.6 Å². The first-order chi connectivity index (χ1) is 11.7. The fourth-order valence-corrected chi connectivity index (χ4v) is 4.06. The lowest BCUT2D eigenvalue weighted by Crippen LogP contribution is -2.28. The van der Waals surface area contributed by atoms with Crippen LogP contribution in [0.2, 0.25) is 0 Å². The number of nitrogens with one attached hydrogen (secondary N) is 1. The van der Waals surface area contributed by atoms with Crippen molar-refractivity contribution in [1.29, 1.82) is 0 Å². The minimum atomic E-state index is 0. The van der Waals surface area contributed by atoms with Crippen molar-refractivity contribution in [3.05, 3.63) is 36.7 Å². The summed E-state index contributed by atoms with van der Waals surface area (Å²) in [5.74, 6) is 2.45. The highest BCUT2D eigenvalue weighted by Gasteiger charge is 2.23. The van der Waals surface area contributed by atoms with E-state index in [1.165, 1.54) is 5.69 Å². The number of imidazole rings is 1. The second kappa shape index (κ2) is 11.0. The summed E-state index contributed by atoms with van der Waals surface area (Å²) in [5, 5.41) is 13.4. The minimum absolute atomic E-state index is 0. The third-order valence-electron chi connectivity index (χ3n) is 4.41. The number of piperidine rings is 1. The summed E-state index contributed by atoms with van der Waals surface area (Å²) in [5.41, 5.74) is 1.21. The van der Waals surface area contributed by atoms with E-state index in [0.29, 0.717) is 12.0 Å². The predicted molar refractivity (Wildman–Crippen MR) is 112 cm³/mol. The maximum absolute atomic E-state index is 4.51. The zero-order valence-corrected chi connectivity index (χ0v) is 17.7. The van der Waals surface area contributed by atoms with Crippen LogP contribution in [0.5, 0.6) is 0 Å². The minimum Gasteiger partial charge on any atom is -0.331 e. The van der Waals surface area contributed by atoms with Gasteiger partial charge in [0.2, 0.25) is 0 Å². The Morgan fingerprint density at radius 3 is 2.69 bits per heavy atom. The van der Waals surface area contributed by atoms with Crippen LogP contribution >= 0.6 is 36.6 Å². The molecule has 9 heteroatoms. The average molecular weight is 419 g/mol. The van der Waals surface area contributed by atoms with Crippen molar-refractivity contribution in [2.45, 2.75) is 56.1 Å². The van der Waals surface area contributed by atoms with E-state index >= 15 is 0 Å². The molecular weight excluding hydrogens is 391 g/mol. The fourth-order valence-electron chi connectivity index (χ4n) is 3.14. The summed E-state index contributed by atoms with van der Waals surface area (Å²) in [4.78, 5) is 4.28. The SMILES string of the molecule is C=CCn1c(SCc2cncn2C(C)C)nnc1C1CCNCC1.Cl.Cl.